The molecule has 1 unspecified atom stereocenters. The first kappa shape index (κ1) is 16.9. The van der Waals surface area contributed by atoms with Gasteiger partial charge in [-0.1, -0.05) is 13.8 Å². The van der Waals surface area contributed by atoms with Crippen molar-refractivity contribution < 1.29 is 13.2 Å². The second kappa shape index (κ2) is 7.06. The van der Waals surface area contributed by atoms with Gasteiger partial charge in [-0.2, -0.15) is 0 Å². The molecule has 1 aromatic carbocycles. The van der Waals surface area contributed by atoms with E-state index in [1.807, 2.05) is 20.8 Å². The minimum atomic E-state index is -3.50. The fourth-order valence-electron chi connectivity index (χ4n) is 1.70. The molecule has 0 saturated carbocycles. The van der Waals surface area contributed by atoms with Crippen LogP contribution in [0.3, 0.4) is 0 Å². The molecule has 0 spiro atoms. The van der Waals surface area contributed by atoms with Gasteiger partial charge in [-0.05, 0) is 38.1 Å². The average molecular weight is 300 g/mol. The Morgan fingerprint density at radius 2 is 1.90 bits per heavy atom. The third-order valence-corrected chi connectivity index (χ3v) is 4.83. The van der Waals surface area contributed by atoms with E-state index >= 15 is 0 Å². The number of hydrogen-bond acceptors (Lipinski definition) is 4. The van der Waals surface area contributed by atoms with Crippen molar-refractivity contribution >= 4 is 10.0 Å². The second-order valence-corrected chi connectivity index (χ2v) is 6.87. The summed E-state index contributed by atoms with van der Waals surface area (Å²) in [5.74, 6) is 0.912. The zero-order valence-electron chi connectivity index (χ0n) is 12.7. The molecule has 0 aliphatic heterocycles. The largest absolute Gasteiger partial charge is 0.496 e. The van der Waals surface area contributed by atoms with Crippen molar-refractivity contribution in [2.45, 2.75) is 38.3 Å². The van der Waals surface area contributed by atoms with Crippen LogP contribution in [0.4, 0.5) is 0 Å². The maximum Gasteiger partial charge on any atom is 0.240 e. The van der Waals surface area contributed by atoms with Crippen molar-refractivity contribution in [1.29, 1.82) is 0 Å². The Hall–Kier alpha value is -1.11. The Balaban J connectivity index is 3.09. The molecule has 0 fully saturated rings. The molecule has 1 rings (SSSR count). The van der Waals surface area contributed by atoms with E-state index in [2.05, 4.69) is 10.0 Å². The van der Waals surface area contributed by atoms with Crippen LogP contribution in [0.1, 0.15) is 26.3 Å². The molecule has 0 aromatic heterocycles. The molecule has 0 amide bonds. The topological polar surface area (TPSA) is 67.4 Å². The standard InChI is InChI=1S/C14H24N2O3S/c1-10(2)11(3)16-20(17,18)13-6-7-14(19-5)12(8-13)9-15-4/h6-8,10-11,15-16H,9H2,1-5H3. The van der Waals surface area contributed by atoms with Crippen molar-refractivity contribution in [2.75, 3.05) is 14.2 Å². The lowest BCUT2D eigenvalue weighted by Gasteiger charge is -2.18. The minimum absolute atomic E-state index is 0.116. The smallest absolute Gasteiger partial charge is 0.240 e. The van der Waals surface area contributed by atoms with E-state index in [0.717, 1.165) is 5.56 Å². The summed E-state index contributed by atoms with van der Waals surface area (Å²) in [4.78, 5) is 0.260. The van der Waals surface area contributed by atoms with Crippen molar-refractivity contribution in [2.24, 2.45) is 5.92 Å². The van der Waals surface area contributed by atoms with Crippen molar-refractivity contribution in [3.05, 3.63) is 23.8 Å². The van der Waals surface area contributed by atoms with Gasteiger partial charge in [0.25, 0.3) is 0 Å². The maximum absolute atomic E-state index is 12.3. The number of hydrogen-bond donors (Lipinski definition) is 2. The highest BCUT2D eigenvalue weighted by Crippen LogP contribution is 2.22. The zero-order chi connectivity index (χ0) is 15.3. The van der Waals surface area contributed by atoms with E-state index in [1.54, 1.807) is 32.4 Å². The molecule has 6 heteroatoms. The third kappa shape index (κ3) is 4.19. The van der Waals surface area contributed by atoms with Crippen LogP contribution in [0.5, 0.6) is 5.75 Å². The molecule has 0 aliphatic rings. The lowest BCUT2D eigenvalue weighted by atomic mass is 10.1. The van der Waals surface area contributed by atoms with E-state index in [-0.39, 0.29) is 16.9 Å². The molecular formula is C14H24N2O3S. The number of nitrogens with one attached hydrogen (secondary N) is 2. The molecule has 0 bridgehead atoms. The Morgan fingerprint density at radius 1 is 1.25 bits per heavy atom. The molecule has 5 nitrogen and oxygen atoms in total. The third-order valence-electron chi connectivity index (χ3n) is 3.27. The highest BCUT2D eigenvalue weighted by Gasteiger charge is 2.20. The first-order chi connectivity index (χ1) is 9.31. The fraction of sp³-hybridized carbons (Fsp3) is 0.571. The van der Waals surface area contributed by atoms with E-state index < -0.39 is 10.0 Å². The summed E-state index contributed by atoms with van der Waals surface area (Å²) in [6.45, 7) is 6.37. The Morgan fingerprint density at radius 3 is 2.40 bits per heavy atom. The first-order valence-corrected chi connectivity index (χ1v) is 8.14. The van der Waals surface area contributed by atoms with Gasteiger partial charge in [-0.25, -0.2) is 13.1 Å². The van der Waals surface area contributed by atoms with Crippen LogP contribution in [0.2, 0.25) is 0 Å². The summed E-state index contributed by atoms with van der Waals surface area (Å²) in [5, 5.41) is 3.00. The summed E-state index contributed by atoms with van der Waals surface area (Å²) in [6.07, 6.45) is 0. The second-order valence-electron chi connectivity index (χ2n) is 5.16. The van der Waals surface area contributed by atoms with Gasteiger partial charge in [0.15, 0.2) is 0 Å². The van der Waals surface area contributed by atoms with Gasteiger partial charge in [-0.3, -0.25) is 0 Å². The molecule has 0 saturated heterocycles. The van der Waals surface area contributed by atoms with Crippen LogP contribution in [0.25, 0.3) is 0 Å². The van der Waals surface area contributed by atoms with Crippen LogP contribution in [0, 0.1) is 5.92 Å². The summed E-state index contributed by atoms with van der Waals surface area (Å²) >= 11 is 0. The Bertz CT molecular complexity index is 541. The predicted octanol–water partition coefficient (Wildman–Crippen LogP) is 1.74. The fourth-order valence-corrected chi connectivity index (χ4v) is 3.14. The van der Waals surface area contributed by atoms with Gasteiger partial charge in [0.2, 0.25) is 10.0 Å². The lowest BCUT2D eigenvalue weighted by molar-refractivity contribution is 0.408. The van der Waals surface area contributed by atoms with E-state index in [0.29, 0.717) is 12.3 Å². The highest BCUT2D eigenvalue weighted by atomic mass is 32.2. The molecule has 1 atom stereocenters. The van der Waals surface area contributed by atoms with Crippen LogP contribution < -0.4 is 14.8 Å². The van der Waals surface area contributed by atoms with Gasteiger partial charge in [0.05, 0.1) is 12.0 Å². The van der Waals surface area contributed by atoms with Gasteiger partial charge >= 0.3 is 0 Å². The van der Waals surface area contributed by atoms with Crippen molar-refractivity contribution in [3.63, 3.8) is 0 Å². The van der Waals surface area contributed by atoms with Gasteiger partial charge in [0, 0.05) is 18.2 Å². The van der Waals surface area contributed by atoms with Crippen molar-refractivity contribution in [1.82, 2.24) is 10.0 Å². The summed E-state index contributed by atoms with van der Waals surface area (Å²) < 4.78 is 32.6. The number of ether oxygens (including phenoxy) is 1. The number of sulfonamides is 1. The minimum Gasteiger partial charge on any atom is -0.496 e. The Kier molecular flexibility index (Phi) is 5.98. The average Bonchev–Trinajstić information content (AvgIpc) is 2.38. The van der Waals surface area contributed by atoms with E-state index in [9.17, 15) is 8.42 Å². The normalized spacial score (nSPS) is 13.5. The van der Waals surface area contributed by atoms with Crippen LogP contribution in [0.15, 0.2) is 23.1 Å². The summed E-state index contributed by atoms with van der Waals surface area (Å²) in [5.41, 5.74) is 0.815. The maximum atomic E-state index is 12.3. The predicted molar refractivity (Wildman–Crippen MR) is 80.4 cm³/mol. The van der Waals surface area contributed by atoms with Gasteiger partial charge in [0.1, 0.15) is 5.75 Å². The molecule has 2 N–H and O–H groups in total. The Labute approximate surface area is 121 Å². The van der Waals surface area contributed by atoms with Gasteiger partial charge in [-0.15, -0.1) is 0 Å². The SMILES string of the molecule is CNCc1cc(S(=O)(=O)NC(C)C(C)C)ccc1OC. The van der Waals surface area contributed by atoms with E-state index in [4.69, 9.17) is 4.74 Å². The van der Waals surface area contributed by atoms with E-state index in [1.165, 1.54) is 0 Å². The summed E-state index contributed by atoms with van der Waals surface area (Å²) in [7, 11) is -0.127. The number of rotatable bonds is 7. The number of methoxy groups -OCH3 is 1. The molecule has 0 aliphatic carbocycles. The number of benzene rings is 1. The highest BCUT2D eigenvalue weighted by molar-refractivity contribution is 7.89. The summed E-state index contributed by atoms with van der Waals surface area (Å²) in [6, 6.07) is 4.77. The molecular weight excluding hydrogens is 276 g/mol. The quantitative estimate of drug-likeness (QED) is 0.805. The molecule has 0 heterocycles. The van der Waals surface area contributed by atoms with Gasteiger partial charge < -0.3 is 10.1 Å². The zero-order valence-corrected chi connectivity index (χ0v) is 13.5. The molecule has 0 radical (unpaired) electrons. The molecule has 114 valence electrons. The van der Waals surface area contributed by atoms with Crippen molar-refractivity contribution in [3.8, 4) is 5.75 Å². The van der Waals surface area contributed by atoms with Crippen LogP contribution in [-0.2, 0) is 16.6 Å². The van der Waals surface area contributed by atoms with Crippen LogP contribution >= 0.6 is 0 Å². The molecule has 20 heavy (non-hydrogen) atoms. The first-order valence-electron chi connectivity index (χ1n) is 6.65. The van der Waals surface area contributed by atoms with Crippen LogP contribution in [-0.4, -0.2) is 28.6 Å². The molecule has 1 aromatic rings. The lowest BCUT2D eigenvalue weighted by Crippen LogP contribution is -2.36. The monoisotopic (exact) mass is 300 g/mol.